The van der Waals surface area contributed by atoms with E-state index >= 15 is 0 Å². The molecule has 0 amide bonds. The lowest BCUT2D eigenvalue weighted by Gasteiger charge is -2.28. The average molecular weight is 394 g/mol. The van der Waals surface area contributed by atoms with Gasteiger partial charge in [-0.1, -0.05) is 50.6 Å². The van der Waals surface area contributed by atoms with Gasteiger partial charge in [0.1, 0.15) is 5.78 Å². The van der Waals surface area contributed by atoms with E-state index < -0.39 is 0 Å². The quantitative estimate of drug-likeness (QED) is 0.653. The summed E-state index contributed by atoms with van der Waals surface area (Å²) in [5, 5.41) is 0. The number of methoxy groups -OCH3 is 1. The maximum Gasteiger partial charge on any atom is 0.337 e. The van der Waals surface area contributed by atoms with Crippen LogP contribution in [0.3, 0.4) is 0 Å². The monoisotopic (exact) mass is 393 g/mol. The zero-order valence-corrected chi connectivity index (χ0v) is 18.1. The van der Waals surface area contributed by atoms with Gasteiger partial charge in [-0.2, -0.15) is 0 Å². The summed E-state index contributed by atoms with van der Waals surface area (Å²) in [5.41, 5.74) is 4.83. The van der Waals surface area contributed by atoms with Gasteiger partial charge in [-0.15, -0.1) is 0 Å². The maximum atomic E-state index is 13.2. The molecule has 2 aromatic rings. The number of Topliss-reactive ketones (excluding diaryl/α,β-unsaturated/α-hetero) is 1. The van der Waals surface area contributed by atoms with Crippen molar-refractivity contribution >= 4 is 17.4 Å². The highest BCUT2D eigenvalue weighted by Crippen LogP contribution is 2.33. The number of rotatable bonds is 6. The fourth-order valence-corrected chi connectivity index (χ4v) is 4.00. The minimum absolute atomic E-state index is 0.117. The van der Waals surface area contributed by atoms with Crippen LogP contribution >= 0.6 is 0 Å². The molecule has 0 spiro atoms. The van der Waals surface area contributed by atoms with E-state index in [1.165, 1.54) is 18.2 Å². The van der Waals surface area contributed by atoms with Gasteiger partial charge in [0.15, 0.2) is 0 Å². The first kappa shape index (κ1) is 21.1. The van der Waals surface area contributed by atoms with E-state index in [4.69, 9.17) is 4.74 Å². The van der Waals surface area contributed by atoms with Gasteiger partial charge in [-0.05, 0) is 49.1 Å². The van der Waals surface area contributed by atoms with Crippen molar-refractivity contribution in [2.45, 2.75) is 46.5 Å². The van der Waals surface area contributed by atoms with Crippen molar-refractivity contribution in [2.75, 3.05) is 25.1 Å². The Balaban J connectivity index is 1.78. The van der Waals surface area contributed by atoms with Crippen LogP contribution in [0.1, 0.15) is 60.2 Å². The zero-order valence-electron chi connectivity index (χ0n) is 18.1. The molecule has 1 unspecified atom stereocenters. The van der Waals surface area contributed by atoms with E-state index in [1.807, 2.05) is 39.0 Å². The van der Waals surface area contributed by atoms with Gasteiger partial charge in [0.25, 0.3) is 0 Å². The number of fused-ring (bicyclic) bond motifs is 1. The molecule has 1 aliphatic rings. The van der Waals surface area contributed by atoms with Crippen molar-refractivity contribution in [3.05, 3.63) is 64.7 Å². The van der Waals surface area contributed by atoms with E-state index in [1.54, 1.807) is 0 Å². The number of nitrogens with zero attached hydrogens (tertiary/aromatic N) is 1. The van der Waals surface area contributed by atoms with Crippen LogP contribution in [0, 0.1) is 12.3 Å². The Labute approximate surface area is 173 Å². The van der Waals surface area contributed by atoms with Crippen molar-refractivity contribution in [1.29, 1.82) is 0 Å². The molecule has 0 radical (unpaired) electrons. The predicted octanol–water partition coefficient (Wildman–Crippen LogP) is 4.93. The highest BCUT2D eigenvalue weighted by atomic mass is 16.5. The number of benzene rings is 2. The Morgan fingerprint density at radius 1 is 1.10 bits per heavy atom. The number of anilines is 1. The molecule has 4 heteroatoms. The maximum absolute atomic E-state index is 13.2. The molecule has 1 heterocycles. The molecule has 4 nitrogen and oxygen atoms in total. The third-order valence-electron chi connectivity index (χ3n) is 5.72. The van der Waals surface area contributed by atoms with Crippen LogP contribution in [-0.4, -0.2) is 32.0 Å². The average Bonchev–Trinajstić information content (AvgIpc) is 3.10. The third kappa shape index (κ3) is 4.69. The second-order valence-electron chi connectivity index (χ2n) is 8.94. The van der Waals surface area contributed by atoms with E-state index in [2.05, 4.69) is 36.1 Å². The first-order chi connectivity index (χ1) is 13.7. The molecular weight excluding hydrogens is 362 g/mol. The predicted molar refractivity (Wildman–Crippen MR) is 117 cm³/mol. The fourth-order valence-electron chi connectivity index (χ4n) is 4.00. The lowest BCUT2D eigenvalue weighted by molar-refractivity contribution is -0.128. The Bertz CT molecular complexity index is 893. The largest absolute Gasteiger partial charge is 0.465 e. The lowest BCUT2D eigenvalue weighted by Crippen LogP contribution is -2.31. The topological polar surface area (TPSA) is 46.6 Å². The molecule has 3 rings (SSSR count). The van der Waals surface area contributed by atoms with Crippen LogP contribution < -0.4 is 4.90 Å². The molecule has 29 heavy (non-hydrogen) atoms. The minimum Gasteiger partial charge on any atom is -0.465 e. The Morgan fingerprint density at radius 2 is 1.79 bits per heavy atom. The van der Waals surface area contributed by atoms with Gasteiger partial charge in [0, 0.05) is 30.1 Å². The van der Waals surface area contributed by atoms with Crippen LogP contribution in [0.4, 0.5) is 5.69 Å². The molecule has 0 aromatic heterocycles. The van der Waals surface area contributed by atoms with E-state index in [0.717, 1.165) is 37.2 Å². The van der Waals surface area contributed by atoms with Gasteiger partial charge in [0.2, 0.25) is 0 Å². The SMILES string of the molecule is COC(=O)c1ccc2c(c1)CCN2CCC(C(=O)C(C)(C)C)c1ccc(C)cc1. The van der Waals surface area contributed by atoms with Crippen molar-refractivity contribution in [3.63, 3.8) is 0 Å². The highest BCUT2D eigenvalue weighted by molar-refractivity contribution is 5.91. The second-order valence-corrected chi connectivity index (χ2v) is 8.94. The first-order valence-corrected chi connectivity index (χ1v) is 10.3. The number of hydrogen-bond donors (Lipinski definition) is 0. The molecule has 1 atom stereocenters. The van der Waals surface area contributed by atoms with Crippen molar-refractivity contribution < 1.29 is 14.3 Å². The van der Waals surface area contributed by atoms with Crippen molar-refractivity contribution in [3.8, 4) is 0 Å². The zero-order chi connectivity index (χ0) is 21.2. The number of carbonyl (C=O) groups excluding carboxylic acids is 2. The molecule has 0 saturated carbocycles. The molecule has 154 valence electrons. The van der Waals surface area contributed by atoms with Crippen LogP contribution in [0.25, 0.3) is 0 Å². The van der Waals surface area contributed by atoms with Crippen molar-refractivity contribution in [2.24, 2.45) is 5.41 Å². The van der Waals surface area contributed by atoms with Gasteiger partial charge in [-0.3, -0.25) is 4.79 Å². The summed E-state index contributed by atoms with van der Waals surface area (Å²) in [6, 6.07) is 14.1. The third-order valence-corrected chi connectivity index (χ3v) is 5.72. The van der Waals surface area contributed by atoms with E-state index in [-0.39, 0.29) is 23.1 Å². The highest BCUT2D eigenvalue weighted by Gasteiger charge is 2.31. The van der Waals surface area contributed by atoms with Crippen LogP contribution in [0.2, 0.25) is 0 Å². The number of ketones is 1. The van der Waals surface area contributed by atoms with E-state index in [0.29, 0.717) is 5.56 Å². The standard InChI is InChI=1S/C25H31NO3/c1-17-6-8-18(9-7-17)21(23(27)25(2,3)4)13-15-26-14-12-19-16-20(24(28)29-5)10-11-22(19)26/h6-11,16,21H,12-15H2,1-5H3. The molecule has 0 saturated heterocycles. The molecule has 1 aliphatic heterocycles. The smallest absolute Gasteiger partial charge is 0.337 e. The van der Waals surface area contributed by atoms with Crippen molar-refractivity contribution in [1.82, 2.24) is 0 Å². The summed E-state index contributed by atoms with van der Waals surface area (Å²) in [5.74, 6) is -0.141. The molecular formula is C25H31NO3. The van der Waals surface area contributed by atoms with Gasteiger partial charge in [-0.25, -0.2) is 4.79 Å². The number of esters is 1. The normalized spacial score (nSPS) is 14.4. The number of carbonyl (C=O) groups is 2. The van der Waals surface area contributed by atoms with Crippen LogP contribution in [-0.2, 0) is 16.0 Å². The van der Waals surface area contributed by atoms with Gasteiger partial charge in [0.05, 0.1) is 12.7 Å². The first-order valence-electron chi connectivity index (χ1n) is 10.3. The number of aryl methyl sites for hydroxylation is 1. The van der Waals surface area contributed by atoms with Crippen LogP contribution in [0.15, 0.2) is 42.5 Å². The molecule has 0 fully saturated rings. The Morgan fingerprint density at radius 3 is 2.41 bits per heavy atom. The Kier molecular flexibility index (Phi) is 6.11. The lowest BCUT2D eigenvalue weighted by atomic mass is 9.78. The van der Waals surface area contributed by atoms with Gasteiger partial charge >= 0.3 is 5.97 Å². The van der Waals surface area contributed by atoms with Gasteiger partial charge < -0.3 is 9.64 Å². The molecule has 0 aliphatic carbocycles. The second kappa shape index (κ2) is 8.40. The summed E-state index contributed by atoms with van der Waals surface area (Å²) in [4.78, 5) is 27.3. The summed E-state index contributed by atoms with van der Waals surface area (Å²) in [6.45, 7) is 9.77. The number of ether oxygens (including phenoxy) is 1. The number of hydrogen-bond acceptors (Lipinski definition) is 4. The summed E-state index contributed by atoms with van der Waals surface area (Å²) < 4.78 is 4.83. The van der Waals surface area contributed by atoms with E-state index in [9.17, 15) is 9.59 Å². The Hall–Kier alpha value is -2.62. The summed E-state index contributed by atoms with van der Waals surface area (Å²) >= 11 is 0. The molecule has 2 aromatic carbocycles. The molecule has 0 N–H and O–H groups in total. The van der Waals surface area contributed by atoms with Crippen LogP contribution in [0.5, 0.6) is 0 Å². The fraction of sp³-hybridized carbons (Fsp3) is 0.440. The molecule has 0 bridgehead atoms. The summed E-state index contributed by atoms with van der Waals surface area (Å²) in [7, 11) is 1.40. The summed E-state index contributed by atoms with van der Waals surface area (Å²) in [6.07, 6.45) is 1.68. The minimum atomic E-state index is -0.381.